The summed E-state index contributed by atoms with van der Waals surface area (Å²) in [6.07, 6.45) is 0. The largest absolute Gasteiger partial charge is 0.455 e. The quantitative estimate of drug-likeness (QED) is 0.187. The molecule has 1 aliphatic heterocycles. The summed E-state index contributed by atoms with van der Waals surface area (Å²) in [6.45, 7) is 4.71. The first-order valence-electron chi connectivity index (χ1n) is 18.1. The van der Waals surface area contributed by atoms with Crippen molar-refractivity contribution in [2.45, 2.75) is 19.3 Å². The van der Waals surface area contributed by atoms with Crippen LogP contribution in [0.25, 0.3) is 106 Å². The number of aromatic nitrogens is 4. The summed E-state index contributed by atoms with van der Waals surface area (Å²) in [5, 5.41) is 4.67. The van der Waals surface area contributed by atoms with E-state index in [0.29, 0.717) is 17.5 Å². The van der Waals surface area contributed by atoms with Gasteiger partial charge >= 0.3 is 0 Å². The van der Waals surface area contributed by atoms with E-state index in [1.54, 1.807) is 0 Å². The maximum Gasteiger partial charge on any atom is 0.167 e. The number of para-hydroxylation sites is 4. The zero-order chi connectivity index (χ0) is 35.0. The molecule has 0 radical (unpaired) electrons. The molecule has 12 rings (SSSR count). The van der Waals surface area contributed by atoms with Crippen molar-refractivity contribution in [1.29, 1.82) is 0 Å². The summed E-state index contributed by atoms with van der Waals surface area (Å²) in [4.78, 5) is 15.6. The highest BCUT2D eigenvalue weighted by Crippen LogP contribution is 2.58. The van der Waals surface area contributed by atoms with Crippen LogP contribution in [0.2, 0.25) is 0 Å². The van der Waals surface area contributed by atoms with Crippen molar-refractivity contribution in [3.8, 4) is 62.1 Å². The number of benzene rings is 7. The van der Waals surface area contributed by atoms with Crippen molar-refractivity contribution in [3.63, 3.8) is 0 Å². The zero-order valence-corrected chi connectivity index (χ0v) is 29.1. The Balaban J connectivity index is 1.17. The van der Waals surface area contributed by atoms with Crippen LogP contribution in [-0.2, 0) is 5.41 Å². The van der Waals surface area contributed by atoms with Crippen molar-refractivity contribution in [3.05, 3.63) is 157 Å². The van der Waals surface area contributed by atoms with Gasteiger partial charge in [-0.2, -0.15) is 0 Å². The number of rotatable bonds is 3. The van der Waals surface area contributed by atoms with E-state index in [0.717, 1.165) is 38.6 Å². The van der Waals surface area contributed by atoms with Crippen LogP contribution >= 0.6 is 0 Å². The molecule has 3 aromatic heterocycles. The van der Waals surface area contributed by atoms with Crippen molar-refractivity contribution >= 4 is 43.7 Å². The number of furan rings is 1. The van der Waals surface area contributed by atoms with E-state index < -0.39 is 0 Å². The predicted octanol–water partition coefficient (Wildman–Crippen LogP) is 12.2. The summed E-state index contributed by atoms with van der Waals surface area (Å²) in [5.41, 5.74) is 15.4. The van der Waals surface area contributed by atoms with E-state index in [-0.39, 0.29) is 5.41 Å². The molecule has 0 amide bonds. The lowest BCUT2D eigenvalue weighted by Gasteiger charge is -2.23. The molecular formula is C48H30N4O. The third-order valence-corrected chi connectivity index (χ3v) is 11.6. The van der Waals surface area contributed by atoms with E-state index >= 15 is 0 Å². The zero-order valence-electron chi connectivity index (χ0n) is 29.1. The topological polar surface area (TPSA) is 56.7 Å². The smallest absolute Gasteiger partial charge is 0.167 e. The lowest BCUT2D eigenvalue weighted by Crippen LogP contribution is -2.15. The van der Waals surface area contributed by atoms with Gasteiger partial charge in [-0.3, -0.25) is 0 Å². The SMILES string of the molecule is CC1(C)c2cc(-c3nc(-c4ccccc4)nc(-c4cccc5c4oc4ccccc45)n3)cc3c2-c2c1ccc1c4ccccc4n(c21)-c1ccccc1-3. The third kappa shape index (κ3) is 3.78. The predicted molar refractivity (Wildman–Crippen MR) is 214 cm³/mol. The fraction of sp³-hybridized carbons (Fsp3) is 0.0625. The van der Waals surface area contributed by atoms with E-state index in [2.05, 4.69) is 128 Å². The van der Waals surface area contributed by atoms with Crippen molar-refractivity contribution in [2.24, 2.45) is 0 Å². The first-order chi connectivity index (χ1) is 26.0. The van der Waals surface area contributed by atoms with Crippen LogP contribution in [0, 0.1) is 0 Å². The van der Waals surface area contributed by atoms with Gasteiger partial charge in [0.25, 0.3) is 0 Å². The molecule has 0 fully saturated rings. The molecule has 2 aliphatic rings. The highest BCUT2D eigenvalue weighted by molar-refractivity contribution is 6.19. The molecule has 5 nitrogen and oxygen atoms in total. The summed E-state index contributed by atoms with van der Waals surface area (Å²) < 4.78 is 8.99. The second kappa shape index (κ2) is 10.1. The second-order valence-electron chi connectivity index (χ2n) is 14.8. The van der Waals surface area contributed by atoms with Crippen LogP contribution in [0.4, 0.5) is 0 Å². The molecule has 53 heavy (non-hydrogen) atoms. The van der Waals surface area contributed by atoms with Gasteiger partial charge in [0, 0.05) is 49.2 Å². The molecule has 248 valence electrons. The molecule has 0 bridgehead atoms. The monoisotopic (exact) mass is 678 g/mol. The Bertz CT molecular complexity index is 3200. The minimum atomic E-state index is -0.255. The number of hydrogen-bond donors (Lipinski definition) is 0. The lowest BCUT2D eigenvalue weighted by molar-refractivity contribution is 0.661. The van der Waals surface area contributed by atoms with E-state index in [1.807, 2.05) is 36.4 Å². The molecule has 0 unspecified atom stereocenters. The van der Waals surface area contributed by atoms with Crippen molar-refractivity contribution < 1.29 is 4.42 Å². The van der Waals surface area contributed by atoms with Gasteiger partial charge in [-0.25, -0.2) is 15.0 Å². The van der Waals surface area contributed by atoms with Gasteiger partial charge in [-0.15, -0.1) is 0 Å². The van der Waals surface area contributed by atoms with E-state index in [1.165, 1.54) is 60.9 Å². The van der Waals surface area contributed by atoms with Crippen LogP contribution in [0.3, 0.4) is 0 Å². The normalized spacial score (nSPS) is 13.6. The van der Waals surface area contributed by atoms with E-state index in [4.69, 9.17) is 19.4 Å². The van der Waals surface area contributed by atoms with Gasteiger partial charge in [0.1, 0.15) is 11.2 Å². The van der Waals surface area contributed by atoms with Crippen LogP contribution < -0.4 is 0 Å². The van der Waals surface area contributed by atoms with Gasteiger partial charge in [-0.05, 0) is 58.7 Å². The van der Waals surface area contributed by atoms with Gasteiger partial charge < -0.3 is 8.98 Å². The number of fused-ring (bicyclic) bond motifs is 9. The standard InChI is InChI=1S/C48H30N4O/c1-48(2)36-24-23-32-29-15-6-9-20-38(29)52-39-21-10-7-16-30(39)35-25-28(26-37(48)41(35)42(36)43(32)52)46-49-45(27-13-4-3-5-14-27)50-47(51-46)34-19-12-18-33-31-17-8-11-22-40(31)53-44(33)34/h3-26H,1-2H3. The van der Waals surface area contributed by atoms with Gasteiger partial charge in [0.2, 0.25) is 0 Å². The maximum atomic E-state index is 6.49. The van der Waals surface area contributed by atoms with Crippen molar-refractivity contribution in [2.75, 3.05) is 0 Å². The molecule has 10 aromatic rings. The van der Waals surface area contributed by atoms with Gasteiger partial charge in [-0.1, -0.05) is 123 Å². The number of hydrogen-bond acceptors (Lipinski definition) is 4. The highest BCUT2D eigenvalue weighted by Gasteiger charge is 2.41. The Labute approximate surface area is 304 Å². The Morgan fingerprint density at radius 3 is 2.08 bits per heavy atom. The Hall–Kier alpha value is -6.85. The average molecular weight is 679 g/mol. The van der Waals surface area contributed by atoms with Crippen LogP contribution in [0.15, 0.2) is 150 Å². The first kappa shape index (κ1) is 28.8. The Morgan fingerprint density at radius 1 is 0.491 bits per heavy atom. The Kier molecular flexibility index (Phi) is 5.51. The Morgan fingerprint density at radius 2 is 1.19 bits per heavy atom. The highest BCUT2D eigenvalue weighted by atomic mass is 16.3. The lowest BCUT2D eigenvalue weighted by atomic mass is 9.80. The van der Waals surface area contributed by atoms with Gasteiger partial charge in [0.05, 0.1) is 22.3 Å². The first-order valence-corrected chi connectivity index (χ1v) is 18.1. The molecule has 0 spiro atoms. The summed E-state index contributed by atoms with van der Waals surface area (Å²) >= 11 is 0. The van der Waals surface area contributed by atoms with Crippen LogP contribution in [0.1, 0.15) is 25.0 Å². The van der Waals surface area contributed by atoms with Gasteiger partial charge in [0.15, 0.2) is 17.5 Å². The molecule has 0 atom stereocenters. The van der Waals surface area contributed by atoms with Crippen LogP contribution in [0.5, 0.6) is 0 Å². The minimum absolute atomic E-state index is 0.255. The molecular weight excluding hydrogens is 649 g/mol. The molecule has 4 heterocycles. The molecule has 0 saturated heterocycles. The molecule has 1 aliphatic carbocycles. The summed E-state index contributed by atoms with van der Waals surface area (Å²) in [6, 6.07) is 51.5. The molecule has 7 aromatic carbocycles. The summed E-state index contributed by atoms with van der Waals surface area (Å²) in [7, 11) is 0. The average Bonchev–Trinajstić information content (AvgIpc) is 3.80. The maximum absolute atomic E-state index is 6.49. The fourth-order valence-electron chi connectivity index (χ4n) is 9.13. The number of nitrogens with zero attached hydrogens (tertiary/aromatic N) is 4. The minimum Gasteiger partial charge on any atom is -0.455 e. The fourth-order valence-corrected chi connectivity index (χ4v) is 9.13. The molecule has 0 N–H and O–H groups in total. The summed E-state index contributed by atoms with van der Waals surface area (Å²) in [5.74, 6) is 1.83. The van der Waals surface area contributed by atoms with Crippen molar-refractivity contribution in [1.82, 2.24) is 19.5 Å². The third-order valence-electron chi connectivity index (χ3n) is 11.6. The molecule has 0 saturated carbocycles. The molecule has 5 heteroatoms. The van der Waals surface area contributed by atoms with Crippen LogP contribution in [-0.4, -0.2) is 19.5 Å². The van der Waals surface area contributed by atoms with E-state index in [9.17, 15) is 0 Å². The second-order valence-corrected chi connectivity index (χ2v) is 14.8.